The monoisotopic (exact) mass is 303 g/mol. The lowest BCUT2D eigenvalue weighted by Gasteiger charge is -2.24. The van der Waals surface area contributed by atoms with Crippen molar-refractivity contribution in [3.63, 3.8) is 0 Å². The van der Waals surface area contributed by atoms with E-state index in [1.54, 1.807) is 0 Å². The summed E-state index contributed by atoms with van der Waals surface area (Å²) in [5.74, 6) is -1.07. The maximum atomic E-state index is 11.6. The van der Waals surface area contributed by atoms with E-state index in [0.717, 1.165) is 22.1 Å². The highest BCUT2D eigenvalue weighted by Crippen LogP contribution is 2.49. The number of hydrogen-bond donors (Lipinski definition) is 1. The predicted molar refractivity (Wildman–Crippen MR) is 80.7 cm³/mol. The van der Waals surface area contributed by atoms with Crippen molar-refractivity contribution >= 4 is 28.3 Å². The maximum absolute atomic E-state index is 11.6. The molecule has 7 heteroatoms. The van der Waals surface area contributed by atoms with E-state index < -0.39 is 11.9 Å². The van der Waals surface area contributed by atoms with Crippen molar-refractivity contribution in [3.8, 4) is 0 Å². The van der Waals surface area contributed by atoms with E-state index in [1.165, 1.54) is 0 Å². The Kier molecular flexibility index (Phi) is 2.23. The van der Waals surface area contributed by atoms with Gasteiger partial charge in [-0.3, -0.25) is 4.79 Å². The summed E-state index contributed by atoms with van der Waals surface area (Å²) in [7, 11) is 0. The molecule has 7 nitrogen and oxygen atoms in total. The SMILES string of the molecule is O=C(O)C1C2=CC=C1C1=C(C2)c2cccc3nnnc(c23)N=N1. The van der Waals surface area contributed by atoms with Crippen LogP contribution in [0.4, 0.5) is 5.82 Å². The van der Waals surface area contributed by atoms with E-state index >= 15 is 0 Å². The van der Waals surface area contributed by atoms with E-state index in [-0.39, 0.29) is 0 Å². The zero-order valence-corrected chi connectivity index (χ0v) is 11.8. The summed E-state index contributed by atoms with van der Waals surface area (Å²) >= 11 is 0. The fourth-order valence-electron chi connectivity index (χ4n) is 3.50. The molecule has 1 N–H and O–H groups in total. The van der Waals surface area contributed by atoms with Gasteiger partial charge in [0.2, 0.25) is 5.82 Å². The van der Waals surface area contributed by atoms with E-state index in [1.807, 2.05) is 30.4 Å². The molecular formula is C16H9N5O2. The molecule has 110 valence electrons. The van der Waals surface area contributed by atoms with Crippen LogP contribution in [0.2, 0.25) is 0 Å². The molecule has 2 heterocycles. The highest BCUT2D eigenvalue weighted by Gasteiger charge is 2.39. The van der Waals surface area contributed by atoms with Crippen LogP contribution in [0.3, 0.4) is 0 Å². The van der Waals surface area contributed by atoms with Gasteiger partial charge in [0.1, 0.15) is 5.92 Å². The highest BCUT2D eigenvalue weighted by molar-refractivity contribution is 6.01. The Morgan fingerprint density at radius 1 is 1.17 bits per heavy atom. The molecule has 1 aromatic heterocycles. The lowest BCUT2D eigenvalue weighted by molar-refractivity contribution is -0.139. The van der Waals surface area contributed by atoms with Gasteiger partial charge in [0.25, 0.3) is 0 Å². The number of hydrogen-bond acceptors (Lipinski definition) is 6. The molecule has 0 saturated carbocycles. The number of carboxylic acid groups (broad SMARTS) is 1. The lowest BCUT2D eigenvalue weighted by Crippen LogP contribution is -2.21. The van der Waals surface area contributed by atoms with Crippen LogP contribution in [-0.4, -0.2) is 26.5 Å². The van der Waals surface area contributed by atoms with Crippen LogP contribution in [0.25, 0.3) is 16.5 Å². The Morgan fingerprint density at radius 2 is 2.09 bits per heavy atom. The third-order valence-electron chi connectivity index (χ3n) is 4.47. The first-order chi connectivity index (χ1) is 11.2. The molecule has 0 amide bonds. The minimum atomic E-state index is -0.858. The summed E-state index contributed by atoms with van der Waals surface area (Å²) in [6.45, 7) is 0. The van der Waals surface area contributed by atoms with Gasteiger partial charge in [0, 0.05) is 0 Å². The Labute approximate surface area is 129 Å². The van der Waals surface area contributed by atoms with Crippen molar-refractivity contribution in [2.24, 2.45) is 16.1 Å². The molecule has 1 atom stereocenters. The number of allylic oxidation sites excluding steroid dienone is 4. The first-order valence-corrected chi connectivity index (χ1v) is 7.15. The van der Waals surface area contributed by atoms with Gasteiger partial charge in [-0.25, -0.2) is 0 Å². The number of aliphatic carboxylic acids is 1. The number of carbonyl (C=O) groups is 1. The van der Waals surface area contributed by atoms with Crippen molar-refractivity contribution < 1.29 is 9.90 Å². The molecule has 2 aromatic rings. The summed E-state index contributed by atoms with van der Waals surface area (Å²) in [4.78, 5) is 11.6. The van der Waals surface area contributed by atoms with E-state index in [2.05, 4.69) is 25.6 Å². The first kappa shape index (κ1) is 12.3. The standard InChI is InChI=1S/C16H9N5O2/c22-16(23)12-7-4-5-9(12)14-10(6-7)8-2-1-3-11-13(8)15(19-18-14)20-21-17-11/h1-5,12H,6H2,(H,22,23). The minimum absolute atomic E-state index is 0.414. The maximum Gasteiger partial charge on any atom is 0.315 e. The number of carboxylic acids is 1. The smallest absolute Gasteiger partial charge is 0.315 e. The molecule has 0 radical (unpaired) electrons. The van der Waals surface area contributed by atoms with Gasteiger partial charge in [0.15, 0.2) is 0 Å². The fraction of sp³-hybridized carbons (Fsp3) is 0.125. The number of benzene rings is 1. The van der Waals surface area contributed by atoms with Gasteiger partial charge in [-0.1, -0.05) is 24.3 Å². The molecule has 1 aliphatic heterocycles. The molecule has 2 bridgehead atoms. The largest absolute Gasteiger partial charge is 0.481 e. The van der Waals surface area contributed by atoms with Crippen molar-refractivity contribution in [2.75, 3.05) is 0 Å². The second-order valence-electron chi connectivity index (χ2n) is 5.65. The summed E-state index contributed by atoms with van der Waals surface area (Å²) in [5, 5.41) is 30.6. The average molecular weight is 303 g/mol. The molecule has 3 aliphatic rings. The van der Waals surface area contributed by atoms with E-state index in [0.29, 0.717) is 29.0 Å². The van der Waals surface area contributed by atoms with Gasteiger partial charge in [-0.05, 0) is 40.0 Å². The molecular weight excluding hydrogens is 294 g/mol. The molecule has 5 rings (SSSR count). The Morgan fingerprint density at radius 3 is 2.96 bits per heavy atom. The van der Waals surface area contributed by atoms with Crippen LogP contribution in [0, 0.1) is 5.92 Å². The summed E-state index contributed by atoms with van der Waals surface area (Å²) in [5.41, 5.74) is 4.80. The molecule has 23 heavy (non-hydrogen) atoms. The predicted octanol–water partition coefficient (Wildman–Crippen LogP) is 2.80. The molecule has 0 fully saturated rings. The van der Waals surface area contributed by atoms with Crippen molar-refractivity contribution in [2.45, 2.75) is 6.42 Å². The molecule has 1 unspecified atom stereocenters. The number of aromatic nitrogens is 3. The second kappa shape index (κ2) is 4.16. The number of rotatable bonds is 1. The summed E-state index contributed by atoms with van der Waals surface area (Å²) in [6.07, 6.45) is 4.24. The second-order valence-corrected chi connectivity index (χ2v) is 5.65. The average Bonchev–Trinajstić information content (AvgIpc) is 2.79. The van der Waals surface area contributed by atoms with Gasteiger partial charge in [-0.15, -0.1) is 20.4 Å². The van der Waals surface area contributed by atoms with Crippen LogP contribution in [0.5, 0.6) is 0 Å². The molecule has 0 spiro atoms. The fourth-order valence-corrected chi connectivity index (χ4v) is 3.50. The van der Waals surface area contributed by atoms with E-state index in [4.69, 9.17) is 0 Å². The van der Waals surface area contributed by atoms with Crippen LogP contribution < -0.4 is 0 Å². The third-order valence-corrected chi connectivity index (χ3v) is 4.47. The zero-order valence-electron chi connectivity index (χ0n) is 11.8. The summed E-state index contributed by atoms with van der Waals surface area (Å²) in [6, 6.07) is 5.73. The number of azo groups is 1. The molecule has 1 aromatic carbocycles. The Hall–Kier alpha value is -3.22. The Bertz CT molecular complexity index is 1030. The van der Waals surface area contributed by atoms with E-state index in [9.17, 15) is 9.90 Å². The topological polar surface area (TPSA) is 101 Å². The van der Waals surface area contributed by atoms with Gasteiger partial charge < -0.3 is 5.11 Å². The Balaban J connectivity index is 1.83. The number of nitrogens with zero attached hydrogens (tertiary/aromatic N) is 5. The van der Waals surface area contributed by atoms with Crippen molar-refractivity contribution in [1.82, 2.24) is 15.4 Å². The number of fused-ring (bicyclic) bond motifs is 4. The van der Waals surface area contributed by atoms with Crippen LogP contribution in [-0.2, 0) is 4.79 Å². The van der Waals surface area contributed by atoms with Crippen molar-refractivity contribution in [1.29, 1.82) is 0 Å². The van der Waals surface area contributed by atoms with Gasteiger partial charge in [-0.2, -0.15) is 0 Å². The van der Waals surface area contributed by atoms with Crippen LogP contribution in [0.15, 0.2) is 57.4 Å². The molecule has 0 saturated heterocycles. The zero-order chi connectivity index (χ0) is 15.6. The molecule has 2 aliphatic carbocycles. The van der Waals surface area contributed by atoms with Gasteiger partial charge in [0.05, 0.1) is 16.6 Å². The van der Waals surface area contributed by atoms with Crippen molar-refractivity contribution in [3.05, 3.63) is 52.8 Å². The van der Waals surface area contributed by atoms with Crippen LogP contribution in [0.1, 0.15) is 12.0 Å². The van der Waals surface area contributed by atoms with Crippen LogP contribution >= 0.6 is 0 Å². The highest BCUT2D eigenvalue weighted by atomic mass is 16.4. The first-order valence-electron chi connectivity index (χ1n) is 7.15. The third kappa shape index (κ3) is 1.53. The normalized spacial score (nSPS) is 21.0. The summed E-state index contributed by atoms with van der Waals surface area (Å²) < 4.78 is 0. The minimum Gasteiger partial charge on any atom is -0.481 e. The quantitative estimate of drug-likeness (QED) is 0.873. The van der Waals surface area contributed by atoms with Gasteiger partial charge >= 0.3 is 5.97 Å². The lowest BCUT2D eigenvalue weighted by atomic mass is 9.80.